The monoisotopic (exact) mass is 378 g/mol. The molecule has 1 fully saturated rings. The smallest absolute Gasteiger partial charge is 0.328 e. The van der Waals surface area contributed by atoms with Crippen LogP contribution in [0.1, 0.15) is 19.3 Å². The number of nitrogens with one attached hydrogen (secondary N) is 1. The van der Waals surface area contributed by atoms with Gasteiger partial charge in [-0.1, -0.05) is 6.07 Å². The maximum atomic E-state index is 13.6. The van der Waals surface area contributed by atoms with Crippen molar-refractivity contribution in [2.45, 2.75) is 25.3 Å². The van der Waals surface area contributed by atoms with Gasteiger partial charge in [-0.2, -0.15) is 0 Å². The van der Waals surface area contributed by atoms with Crippen LogP contribution >= 0.6 is 0 Å². The molecule has 1 aliphatic rings. The molecule has 3 N–H and O–H groups in total. The zero-order valence-electron chi connectivity index (χ0n) is 15.0. The van der Waals surface area contributed by atoms with Crippen molar-refractivity contribution >= 4 is 23.4 Å². The minimum absolute atomic E-state index is 0.000559. The zero-order valence-corrected chi connectivity index (χ0v) is 15.0. The van der Waals surface area contributed by atoms with Gasteiger partial charge in [-0.3, -0.25) is 15.2 Å². The van der Waals surface area contributed by atoms with E-state index in [-0.39, 0.29) is 12.1 Å². The Balaban J connectivity index is 1.70. The minimum Gasteiger partial charge on any atom is -0.396 e. The molecule has 0 radical (unpaired) electrons. The van der Waals surface area contributed by atoms with E-state index in [9.17, 15) is 9.18 Å². The summed E-state index contributed by atoms with van der Waals surface area (Å²) in [6, 6.07) is 9.62. The first-order chi connectivity index (χ1) is 13.6. The van der Waals surface area contributed by atoms with Gasteiger partial charge in [0.2, 0.25) is 0 Å². The third kappa shape index (κ3) is 3.62. The fraction of sp³-hybridized carbons (Fsp3) is 0.200. The van der Waals surface area contributed by atoms with Crippen molar-refractivity contribution in [2.24, 2.45) is 0 Å². The predicted molar refractivity (Wildman–Crippen MR) is 105 cm³/mol. The van der Waals surface area contributed by atoms with Crippen LogP contribution in [0.2, 0.25) is 0 Å². The number of amides is 2. The molecule has 4 rings (SSSR count). The first kappa shape index (κ1) is 17.8. The molecule has 2 amide bonds. The Morgan fingerprint density at radius 1 is 1.21 bits per heavy atom. The van der Waals surface area contributed by atoms with Gasteiger partial charge in [0.15, 0.2) is 5.82 Å². The van der Waals surface area contributed by atoms with Crippen LogP contribution in [-0.2, 0) is 0 Å². The van der Waals surface area contributed by atoms with E-state index in [1.54, 1.807) is 41.4 Å². The summed E-state index contributed by atoms with van der Waals surface area (Å²) in [5.41, 5.74) is 7.53. The Morgan fingerprint density at radius 2 is 2.07 bits per heavy atom. The van der Waals surface area contributed by atoms with Crippen molar-refractivity contribution in [3.63, 3.8) is 0 Å². The largest absolute Gasteiger partial charge is 0.396 e. The first-order valence-corrected chi connectivity index (χ1v) is 9.00. The number of halogens is 1. The highest BCUT2D eigenvalue weighted by molar-refractivity contribution is 6.03. The number of carbonyl (C=O) groups is 1. The van der Waals surface area contributed by atoms with Crippen molar-refractivity contribution in [1.82, 2.24) is 15.0 Å². The van der Waals surface area contributed by atoms with Gasteiger partial charge >= 0.3 is 6.03 Å². The van der Waals surface area contributed by atoms with E-state index in [0.29, 0.717) is 28.6 Å². The molecular formula is C20H19FN6O. The Labute approximate surface area is 161 Å². The number of hydrogen-bond donors (Lipinski definition) is 2. The highest BCUT2D eigenvalue weighted by Gasteiger charge is 2.32. The van der Waals surface area contributed by atoms with Crippen molar-refractivity contribution < 1.29 is 9.18 Å². The van der Waals surface area contributed by atoms with Crippen LogP contribution in [0.5, 0.6) is 0 Å². The van der Waals surface area contributed by atoms with Crippen molar-refractivity contribution in [2.75, 3.05) is 16.0 Å². The number of aromatic nitrogens is 3. The van der Waals surface area contributed by atoms with Crippen LogP contribution in [0.3, 0.4) is 0 Å². The van der Waals surface area contributed by atoms with Crippen LogP contribution in [0.4, 0.5) is 26.5 Å². The number of hydrogen-bond acceptors (Lipinski definition) is 5. The molecule has 3 aromatic heterocycles. The van der Waals surface area contributed by atoms with Gasteiger partial charge in [0.25, 0.3) is 0 Å². The minimum atomic E-state index is -0.457. The van der Waals surface area contributed by atoms with Gasteiger partial charge in [0, 0.05) is 24.0 Å². The molecule has 1 aliphatic carbocycles. The number of carbonyl (C=O) groups excluding carboxylic acids is 1. The lowest BCUT2D eigenvalue weighted by atomic mass is 9.91. The molecule has 0 unspecified atom stereocenters. The van der Waals surface area contributed by atoms with E-state index >= 15 is 0 Å². The van der Waals surface area contributed by atoms with Crippen LogP contribution in [0.25, 0.3) is 11.3 Å². The highest BCUT2D eigenvalue weighted by atomic mass is 19.1. The van der Waals surface area contributed by atoms with E-state index in [0.717, 1.165) is 25.5 Å². The quantitative estimate of drug-likeness (QED) is 0.719. The SMILES string of the molecule is Nc1ccc(-c2cncc(F)c2)nc1N(C(=O)Nc1ccccn1)C1CCC1. The lowest BCUT2D eigenvalue weighted by Crippen LogP contribution is -2.47. The second-order valence-corrected chi connectivity index (χ2v) is 6.60. The van der Waals surface area contributed by atoms with Crippen molar-refractivity contribution in [3.05, 3.63) is 60.8 Å². The number of rotatable bonds is 4. The van der Waals surface area contributed by atoms with Crippen LogP contribution < -0.4 is 16.0 Å². The highest BCUT2D eigenvalue weighted by Crippen LogP contribution is 2.34. The van der Waals surface area contributed by atoms with E-state index < -0.39 is 5.82 Å². The first-order valence-electron chi connectivity index (χ1n) is 9.00. The third-order valence-electron chi connectivity index (χ3n) is 4.69. The normalized spacial score (nSPS) is 13.6. The number of pyridine rings is 3. The van der Waals surface area contributed by atoms with E-state index in [1.165, 1.54) is 12.3 Å². The molecule has 1 saturated carbocycles. The van der Waals surface area contributed by atoms with Gasteiger partial charge in [-0.05, 0) is 49.6 Å². The van der Waals surface area contributed by atoms with Crippen molar-refractivity contribution in [3.8, 4) is 11.3 Å². The average molecular weight is 378 g/mol. The van der Waals surface area contributed by atoms with Gasteiger partial charge < -0.3 is 5.73 Å². The standard InChI is InChI=1S/C20H19FN6O/c21-14-10-13(11-23-12-14)17-8-7-16(22)19(25-17)27(15-4-3-5-15)20(28)26-18-6-1-2-9-24-18/h1-2,6-12,15H,3-5,22H2,(H,24,26,28). The Hall–Kier alpha value is -3.55. The van der Waals surface area contributed by atoms with Gasteiger partial charge in [-0.15, -0.1) is 0 Å². The summed E-state index contributed by atoms with van der Waals surface area (Å²) in [5, 5.41) is 2.79. The number of nitrogen functional groups attached to an aromatic ring is 1. The summed E-state index contributed by atoms with van der Waals surface area (Å²) in [5.74, 6) is 0.335. The van der Waals surface area contributed by atoms with E-state index in [2.05, 4.69) is 20.3 Å². The summed E-state index contributed by atoms with van der Waals surface area (Å²) in [6.45, 7) is 0. The maximum absolute atomic E-state index is 13.6. The molecule has 7 nitrogen and oxygen atoms in total. The molecule has 142 valence electrons. The Kier molecular flexibility index (Phi) is 4.84. The summed E-state index contributed by atoms with van der Waals surface area (Å²) < 4.78 is 13.6. The Morgan fingerprint density at radius 3 is 2.75 bits per heavy atom. The Bertz CT molecular complexity index is 993. The van der Waals surface area contributed by atoms with Crippen LogP contribution in [0.15, 0.2) is 55.0 Å². The molecule has 0 aromatic carbocycles. The summed E-state index contributed by atoms with van der Waals surface area (Å²) >= 11 is 0. The van der Waals surface area contributed by atoms with Gasteiger partial charge in [-0.25, -0.2) is 19.2 Å². The number of anilines is 3. The second-order valence-electron chi connectivity index (χ2n) is 6.60. The molecule has 8 heteroatoms. The molecule has 0 spiro atoms. The van der Waals surface area contributed by atoms with Gasteiger partial charge in [0.1, 0.15) is 11.6 Å². The topological polar surface area (TPSA) is 97.0 Å². The molecule has 3 heterocycles. The summed E-state index contributed by atoms with van der Waals surface area (Å²) in [6.07, 6.45) is 7.01. The predicted octanol–water partition coefficient (Wildman–Crippen LogP) is 3.85. The lowest BCUT2D eigenvalue weighted by molar-refractivity contribution is 0.249. The second kappa shape index (κ2) is 7.59. The summed E-state index contributed by atoms with van der Waals surface area (Å²) in [4.78, 5) is 27.1. The molecular weight excluding hydrogens is 359 g/mol. The third-order valence-corrected chi connectivity index (χ3v) is 4.69. The number of nitrogens with zero attached hydrogens (tertiary/aromatic N) is 4. The molecule has 0 atom stereocenters. The fourth-order valence-electron chi connectivity index (χ4n) is 3.05. The number of urea groups is 1. The maximum Gasteiger partial charge on any atom is 0.328 e. The fourth-order valence-corrected chi connectivity index (χ4v) is 3.05. The molecule has 0 aliphatic heterocycles. The van der Waals surface area contributed by atoms with Crippen LogP contribution in [-0.4, -0.2) is 27.0 Å². The van der Waals surface area contributed by atoms with E-state index in [4.69, 9.17) is 5.73 Å². The summed E-state index contributed by atoms with van der Waals surface area (Å²) in [7, 11) is 0. The molecule has 3 aromatic rings. The number of nitrogens with two attached hydrogens (primary N) is 1. The zero-order chi connectivity index (χ0) is 19.5. The molecule has 0 saturated heterocycles. The molecule has 0 bridgehead atoms. The van der Waals surface area contributed by atoms with E-state index in [1.807, 2.05) is 0 Å². The average Bonchev–Trinajstić information content (AvgIpc) is 2.66. The van der Waals surface area contributed by atoms with Crippen molar-refractivity contribution in [1.29, 1.82) is 0 Å². The van der Waals surface area contributed by atoms with Crippen LogP contribution in [0, 0.1) is 5.82 Å². The lowest BCUT2D eigenvalue weighted by Gasteiger charge is -2.37. The van der Waals surface area contributed by atoms with Gasteiger partial charge in [0.05, 0.1) is 17.6 Å². The molecule has 28 heavy (non-hydrogen) atoms.